The van der Waals surface area contributed by atoms with Gasteiger partial charge in [0.05, 0.1) is 12.7 Å². The first kappa shape index (κ1) is 17.2. The SMILES string of the molecule is Cc1csc(=O)n1CCC(=O)NCCO[C@H]1CCCC[C@@H]1C. The van der Waals surface area contributed by atoms with Gasteiger partial charge in [0.1, 0.15) is 0 Å². The molecule has 0 spiro atoms. The lowest BCUT2D eigenvalue weighted by molar-refractivity contribution is -0.121. The highest BCUT2D eigenvalue weighted by molar-refractivity contribution is 7.07. The molecule has 2 rings (SSSR count). The van der Waals surface area contributed by atoms with Crippen LogP contribution in [-0.4, -0.2) is 29.7 Å². The summed E-state index contributed by atoms with van der Waals surface area (Å²) in [6, 6.07) is 0. The van der Waals surface area contributed by atoms with Crippen LogP contribution in [0.4, 0.5) is 0 Å². The Morgan fingerprint density at radius 1 is 1.45 bits per heavy atom. The third-order valence-electron chi connectivity index (χ3n) is 4.33. The molecule has 0 saturated heterocycles. The summed E-state index contributed by atoms with van der Waals surface area (Å²) in [5.74, 6) is 0.593. The van der Waals surface area contributed by atoms with E-state index in [2.05, 4.69) is 12.2 Å². The largest absolute Gasteiger partial charge is 0.376 e. The van der Waals surface area contributed by atoms with Crippen LogP contribution in [0.15, 0.2) is 10.2 Å². The van der Waals surface area contributed by atoms with Gasteiger partial charge in [-0.15, -0.1) is 0 Å². The average Bonchev–Trinajstić information content (AvgIpc) is 2.82. The van der Waals surface area contributed by atoms with Gasteiger partial charge in [0.25, 0.3) is 0 Å². The molecule has 1 heterocycles. The van der Waals surface area contributed by atoms with Gasteiger partial charge in [-0.05, 0) is 25.7 Å². The van der Waals surface area contributed by atoms with Crippen LogP contribution in [0.3, 0.4) is 0 Å². The third kappa shape index (κ3) is 4.95. The van der Waals surface area contributed by atoms with E-state index < -0.39 is 0 Å². The zero-order valence-electron chi connectivity index (χ0n) is 13.5. The van der Waals surface area contributed by atoms with Crippen LogP contribution in [-0.2, 0) is 16.1 Å². The molecule has 0 unspecified atom stereocenters. The Bertz CT molecular complexity index is 538. The van der Waals surface area contributed by atoms with Crippen molar-refractivity contribution in [2.75, 3.05) is 13.2 Å². The molecule has 1 aliphatic carbocycles. The van der Waals surface area contributed by atoms with Gasteiger partial charge in [-0.3, -0.25) is 9.59 Å². The lowest BCUT2D eigenvalue weighted by Crippen LogP contribution is -2.32. The van der Waals surface area contributed by atoms with E-state index in [1.54, 1.807) is 4.57 Å². The quantitative estimate of drug-likeness (QED) is 0.782. The van der Waals surface area contributed by atoms with Crippen LogP contribution in [0.1, 0.15) is 44.7 Å². The maximum Gasteiger partial charge on any atom is 0.307 e. The molecule has 124 valence electrons. The summed E-state index contributed by atoms with van der Waals surface area (Å²) >= 11 is 1.18. The Labute approximate surface area is 135 Å². The van der Waals surface area contributed by atoms with Crippen LogP contribution >= 0.6 is 11.3 Å². The van der Waals surface area contributed by atoms with Gasteiger partial charge in [0, 0.05) is 30.6 Å². The van der Waals surface area contributed by atoms with Crippen molar-refractivity contribution in [1.29, 1.82) is 0 Å². The molecule has 22 heavy (non-hydrogen) atoms. The normalized spacial score (nSPS) is 21.7. The van der Waals surface area contributed by atoms with E-state index in [0.29, 0.717) is 38.1 Å². The Morgan fingerprint density at radius 3 is 2.91 bits per heavy atom. The van der Waals surface area contributed by atoms with Crippen LogP contribution in [0.25, 0.3) is 0 Å². The number of ether oxygens (including phenoxy) is 1. The van der Waals surface area contributed by atoms with Crippen molar-refractivity contribution in [3.8, 4) is 0 Å². The molecule has 1 amide bonds. The van der Waals surface area contributed by atoms with Gasteiger partial charge >= 0.3 is 4.87 Å². The number of nitrogens with zero attached hydrogens (tertiary/aromatic N) is 1. The fraction of sp³-hybridized carbons (Fsp3) is 0.750. The minimum Gasteiger partial charge on any atom is -0.376 e. The fourth-order valence-electron chi connectivity index (χ4n) is 2.91. The maximum atomic E-state index is 11.8. The van der Waals surface area contributed by atoms with E-state index in [-0.39, 0.29) is 10.8 Å². The Morgan fingerprint density at radius 2 is 2.23 bits per heavy atom. The molecule has 1 fully saturated rings. The van der Waals surface area contributed by atoms with Gasteiger partial charge in [-0.1, -0.05) is 31.1 Å². The number of thiazole rings is 1. The predicted molar refractivity (Wildman–Crippen MR) is 88.3 cm³/mol. The predicted octanol–water partition coefficient (Wildman–Crippen LogP) is 2.32. The summed E-state index contributed by atoms with van der Waals surface area (Å²) in [6.45, 7) is 5.68. The van der Waals surface area contributed by atoms with Crippen LogP contribution in [0.2, 0.25) is 0 Å². The molecule has 1 aliphatic rings. The second-order valence-electron chi connectivity index (χ2n) is 6.07. The number of hydrogen-bond acceptors (Lipinski definition) is 4. The highest BCUT2D eigenvalue weighted by Crippen LogP contribution is 2.25. The van der Waals surface area contributed by atoms with Crippen molar-refractivity contribution < 1.29 is 9.53 Å². The molecule has 6 heteroatoms. The highest BCUT2D eigenvalue weighted by Gasteiger charge is 2.21. The monoisotopic (exact) mass is 326 g/mol. The number of aryl methyl sites for hydroxylation is 1. The van der Waals surface area contributed by atoms with Gasteiger partial charge in [0.2, 0.25) is 5.91 Å². The number of carbonyl (C=O) groups excluding carboxylic acids is 1. The van der Waals surface area contributed by atoms with Gasteiger partial charge in [0.15, 0.2) is 0 Å². The number of carbonyl (C=O) groups is 1. The average molecular weight is 326 g/mol. The van der Waals surface area contributed by atoms with Crippen LogP contribution in [0, 0.1) is 12.8 Å². The standard InChI is InChI=1S/C16H26N2O3S/c1-12-5-3-4-6-14(12)21-10-8-17-15(19)7-9-18-13(2)11-22-16(18)20/h11-12,14H,3-10H2,1-2H3,(H,17,19)/t12-,14-/m0/s1. The summed E-state index contributed by atoms with van der Waals surface area (Å²) in [5.41, 5.74) is 0.914. The summed E-state index contributed by atoms with van der Waals surface area (Å²) in [5, 5.41) is 4.68. The number of aromatic nitrogens is 1. The topological polar surface area (TPSA) is 60.3 Å². The number of nitrogens with one attached hydrogen (secondary N) is 1. The molecular formula is C16H26N2O3S. The van der Waals surface area contributed by atoms with E-state index in [1.807, 2.05) is 12.3 Å². The first-order valence-corrected chi connectivity index (χ1v) is 8.99. The molecule has 1 saturated carbocycles. The van der Waals surface area contributed by atoms with Crippen molar-refractivity contribution in [1.82, 2.24) is 9.88 Å². The third-order valence-corrected chi connectivity index (χ3v) is 5.21. The lowest BCUT2D eigenvalue weighted by Gasteiger charge is -2.28. The molecule has 5 nitrogen and oxygen atoms in total. The lowest BCUT2D eigenvalue weighted by atomic mass is 9.88. The van der Waals surface area contributed by atoms with Crippen molar-refractivity contribution in [2.45, 2.75) is 58.6 Å². The van der Waals surface area contributed by atoms with Crippen LogP contribution in [0.5, 0.6) is 0 Å². The second kappa shape index (κ2) is 8.48. The zero-order valence-corrected chi connectivity index (χ0v) is 14.3. The number of rotatable bonds is 7. The number of hydrogen-bond donors (Lipinski definition) is 1. The molecule has 1 aromatic rings. The van der Waals surface area contributed by atoms with Crippen LogP contribution < -0.4 is 10.2 Å². The molecule has 1 N–H and O–H groups in total. The van der Waals surface area contributed by atoms with Crippen molar-refractivity contribution in [3.63, 3.8) is 0 Å². The summed E-state index contributed by atoms with van der Waals surface area (Å²) in [4.78, 5) is 23.3. The Balaban J connectivity index is 1.61. The minimum atomic E-state index is -0.0298. The summed E-state index contributed by atoms with van der Waals surface area (Å²) in [6.07, 6.45) is 5.60. The minimum absolute atomic E-state index is 0.0000746. The first-order chi connectivity index (χ1) is 10.6. The Hall–Kier alpha value is -1.14. The first-order valence-electron chi connectivity index (χ1n) is 8.11. The highest BCUT2D eigenvalue weighted by atomic mass is 32.1. The summed E-state index contributed by atoms with van der Waals surface area (Å²) in [7, 11) is 0. The molecule has 0 aromatic carbocycles. The zero-order chi connectivity index (χ0) is 15.9. The maximum absolute atomic E-state index is 11.8. The molecule has 0 aliphatic heterocycles. The van der Waals surface area contributed by atoms with E-state index in [9.17, 15) is 9.59 Å². The van der Waals surface area contributed by atoms with Gasteiger partial charge < -0.3 is 14.6 Å². The molecule has 2 atom stereocenters. The molecule has 0 radical (unpaired) electrons. The number of amides is 1. The van der Waals surface area contributed by atoms with Crippen molar-refractivity contribution >= 4 is 17.2 Å². The molecular weight excluding hydrogens is 300 g/mol. The van der Waals surface area contributed by atoms with Crippen molar-refractivity contribution in [3.05, 3.63) is 20.7 Å². The van der Waals surface area contributed by atoms with E-state index in [1.165, 1.54) is 30.6 Å². The second-order valence-corrected chi connectivity index (χ2v) is 6.89. The van der Waals surface area contributed by atoms with Gasteiger partial charge in [-0.25, -0.2) is 0 Å². The van der Waals surface area contributed by atoms with Crippen molar-refractivity contribution in [2.24, 2.45) is 5.92 Å². The smallest absolute Gasteiger partial charge is 0.307 e. The molecule has 0 bridgehead atoms. The molecule has 1 aromatic heterocycles. The van der Waals surface area contributed by atoms with E-state index in [4.69, 9.17) is 4.74 Å². The Kier molecular flexibility index (Phi) is 6.64. The fourth-order valence-corrected chi connectivity index (χ4v) is 3.67. The summed E-state index contributed by atoms with van der Waals surface area (Å²) < 4.78 is 7.51. The van der Waals surface area contributed by atoms with E-state index >= 15 is 0 Å². The van der Waals surface area contributed by atoms with E-state index in [0.717, 1.165) is 12.1 Å². The van der Waals surface area contributed by atoms with Gasteiger partial charge in [-0.2, -0.15) is 0 Å².